The fraction of sp³-hybridized carbons (Fsp3) is 0.308. The molecule has 0 radical (unpaired) electrons. The third-order valence-corrected chi connectivity index (χ3v) is 5.79. The maximum Gasteiger partial charge on any atom is 0.230 e. The Labute approximate surface area is 146 Å². The van der Waals surface area contributed by atoms with E-state index >= 15 is 0 Å². The average Bonchev–Trinajstić information content (AvgIpc) is 2.99. The van der Waals surface area contributed by atoms with Crippen molar-refractivity contribution >= 4 is 57.5 Å². The minimum Gasteiger partial charge on any atom is -0.363 e. The molecule has 2 rings (SSSR count). The zero-order chi connectivity index (χ0) is 15.8. The lowest BCUT2D eigenvalue weighted by molar-refractivity contribution is -0.118. The number of amides is 1. The van der Waals surface area contributed by atoms with Crippen molar-refractivity contribution in [3.05, 3.63) is 29.3 Å². The molecule has 2 N–H and O–H groups in total. The predicted molar refractivity (Wildman–Crippen MR) is 95.4 cm³/mol. The Balaban J connectivity index is 1.60. The fourth-order valence-corrected chi connectivity index (χ4v) is 3.87. The smallest absolute Gasteiger partial charge is 0.230 e. The first-order valence-corrected chi connectivity index (χ1v) is 9.63. The van der Waals surface area contributed by atoms with Gasteiger partial charge in [-0.1, -0.05) is 34.7 Å². The maximum absolute atomic E-state index is 11.7. The highest BCUT2D eigenvalue weighted by Gasteiger charge is 2.07. The summed E-state index contributed by atoms with van der Waals surface area (Å²) in [6, 6.07) is 7.67. The van der Waals surface area contributed by atoms with Crippen molar-refractivity contribution in [1.29, 1.82) is 0 Å². The van der Waals surface area contributed by atoms with Crippen LogP contribution in [0.2, 0.25) is 5.02 Å². The summed E-state index contributed by atoms with van der Waals surface area (Å²) in [5.41, 5.74) is 0. The number of carbonyl (C=O) groups excluding carboxylic acids is 1. The molecule has 0 fully saturated rings. The predicted octanol–water partition coefficient (Wildman–Crippen LogP) is 3.23. The third kappa shape index (κ3) is 6.04. The lowest BCUT2D eigenvalue weighted by Gasteiger charge is -2.04. The molecule has 22 heavy (non-hydrogen) atoms. The van der Waals surface area contributed by atoms with E-state index < -0.39 is 0 Å². The zero-order valence-electron chi connectivity index (χ0n) is 11.8. The molecule has 2 aromatic rings. The molecule has 5 nitrogen and oxygen atoms in total. The van der Waals surface area contributed by atoms with E-state index in [0.29, 0.717) is 12.3 Å². The molecule has 0 spiro atoms. The molecule has 0 atom stereocenters. The van der Waals surface area contributed by atoms with Gasteiger partial charge in [-0.3, -0.25) is 4.79 Å². The van der Waals surface area contributed by atoms with Gasteiger partial charge in [0.1, 0.15) is 0 Å². The molecule has 0 aliphatic carbocycles. The van der Waals surface area contributed by atoms with Crippen molar-refractivity contribution in [1.82, 2.24) is 15.5 Å². The summed E-state index contributed by atoms with van der Waals surface area (Å²) in [5, 5.41) is 15.2. The molecule has 1 heterocycles. The van der Waals surface area contributed by atoms with Crippen molar-refractivity contribution in [2.24, 2.45) is 0 Å². The monoisotopic (exact) mass is 374 g/mol. The van der Waals surface area contributed by atoms with Crippen LogP contribution in [0.15, 0.2) is 33.5 Å². The lowest BCUT2D eigenvalue weighted by Crippen LogP contribution is -2.27. The Morgan fingerprint density at radius 2 is 2.05 bits per heavy atom. The number of aromatic nitrogens is 2. The SMILES string of the molecule is CNc1nnc(SCC(=O)NCCSc2ccc(Cl)cc2)s1. The van der Waals surface area contributed by atoms with Gasteiger partial charge in [-0.05, 0) is 24.3 Å². The van der Waals surface area contributed by atoms with Gasteiger partial charge in [-0.2, -0.15) is 0 Å². The van der Waals surface area contributed by atoms with Crippen molar-refractivity contribution in [2.75, 3.05) is 30.4 Å². The van der Waals surface area contributed by atoms with E-state index in [-0.39, 0.29) is 5.91 Å². The number of hydrogen-bond acceptors (Lipinski definition) is 7. The molecule has 0 unspecified atom stereocenters. The van der Waals surface area contributed by atoms with E-state index in [0.717, 1.165) is 25.1 Å². The minimum absolute atomic E-state index is 0.00270. The van der Waals surface area contributed by atoms with E-state index in [9.17, 15) is 4.79 Å². The summed E-state index contributed by atoms with van der Waals surface area (Å²) in [6.45, 7) is 0.630. The number of thioether (sulfide) groups is 2. The van der Waals surface area contributed by atoms with E-state index in [1.54, 1.807) is 18.8 Å². The van der Waals surface area contributed by atoms with Crippen LogP contribution in [-0.4, -0.2) is 41.2 Å². The topological polar surface area (TPSA) is 66.9 Å². The first kappa shape index (κ1) is 17.4. The number of anilines is 1. The fourth-order valence-electron chi connectivity index (χ4n) is 1.44. The van der Waals surface area contributed by atoms with Crippen LogP contribution in [0.25, 0.3) is 0 Å². The van der Waals surface area contributed by atoms with Gasteiger partial charge in [0.25, 0.3) is 0 Å². The van der Waals surface area contributed by atoms with Gasteiger partial charge in [0.2, 0.25) is 11.0 Å². The molecular formula is C13H15ClN4OS3. The van der Waals surface area contributed by atoms with Crippen molar-refractivity contribution < 1.29 is 4.79 Å². The highest BCUT2D eigenvalue weighted by atomic mass is 35.5. The van der Waals surface area contributed by atoms with Gasteiger partial charge in [0, 0.05) is 29.3 Å². The summed E-state index contributed by atoms with van der Waals surface area (Å²) in [6.07, 6.45) is 0. The van der Waals surface area contributed by atoms with Crippen LogP contribution in [0.3, 0.4) is 0 Å². The van der Waals surface area contributed by atoms with Gasteiger partial charge < -0.3 is 10.6 Å². The van der Waals surface area contributed by atoms with Crippen LogP contribution in [0, 0.1) is 0 Å². The molecule has 9 heteroatoms. The Bertz CT molecular complexity index is 606. The van der Waals surface area contributed by atoms with E-state index in [1.807, 2.05) is 24.3 Å². The summed E-state index contributed by atoms with van der Waals surface area (Å²) in [5.74, 6) is 1.17. The maximum atomic E-state index is 11.7. The van der Waals surface area contributed by atoms with Crippen molar-refractivity contribution in [3.63, 3.8) is 0 Å². The summed E-state index contributed by atoms with van der Waals surface area (Å²) < 4.78 is 0.787. The summed E-state index contributed by atoms with van der Waals surface area (Å²) in [4.78, 5) is 12.9. The minimum atomic E-state index is 0.00270. The van der Waals surface area contributed by atoms with Gasteiger partial charge >= 0.3 is 0 Å². The van der Waals surface area contributed by atoms with Crippen LogP contribution in [0.1, 0.15) is 0 Å². The molecule has 0 aliphatic heterocycles. The lowest BCUT2D eigenvalue weighted by atomic mass is 10.4. The second kappa shape index (κ2) is 9.24. The number of carbonyl (C=O) groups is 1. The van der Waals surface area contributed by atoms with Gasteiger partial charge in [0.05, 0.1) is 5.75 Å². The third-order valence-electron chi connectivity index (χ3n) is 2.45. The number of benzene rings is 1. The molecule has 1 amide bonds. The number of nitrogens with one attached hydrogen (secondary N) is 2. The Kier molecular flexibility index (Phi) is 7.31. The Morgan fingerprint density at radius 3 is 2.73 bits per heavy atom. The second-order valence-electron chi connectivity index (χ2n) is 4.06. The van der Waals surface area contributed by atoms with Gasteiger partial charge in [0.15, 0.2) is 4.34 Å². The molecule has 0 saturated heterocycles. The molecule has 1 aromatic heterocycles. The average molecular weight is 375 g/mol. The van der Waals surface area contributed by atoms with E-state index in [1.165, 1.54) is 23.1 Å². The number of nitrogens with zero attached hydrogens (tertiary/aromatic N) is 2. The van der Waals surface area contributed by atoms with Crippen LogP contribution in [0.4, 0.5) is 5.13 Å². The largest absolute Gasteiger partial charge is 0.363 e. The Hall–Kier alpha value is -0.960. The molecule has 1 aromatic carbocycles. The highest BCUT2D eigenvalue weighted by Crippen LogP contribution is 2.24. The molecule has 0 aliphatic rings. The van der Waals surface area contributed by atoms with Crippen LogP contribution >= 0.6 is 46.5 Å². The molecule has 118 valence electrons. The Morgan fingerprint density at radius 1 is 1.27 bits per heavy atom. The van der Waals surface area contributed by atoms with Crippen LogP contribution in [-0.2, 0) is 4.79 Å². The van der Waals surface area contributed by atoms with Crippen LogP contribution < -0.4 is 10.6 Å². The van der Waals surface area contributed by atoms with E-state index in [4.69, 9.17) is 11.6 Å². The normalized spacial score (nSPS) is 10.5. The summed E-state index contributed by atoms with van der Waals surface area (Å²) >= 11 is 10.3. The molecule has 0 bridgehead atoms. The number of hydrogen-bond donors (Lipinski definition) is 2. The number of halogens is 1. The first-order valence-electron chi connectivity index (χ1n) is 6.46. The van der Waals surface area contributed by atoms with Crippen molar-refractivity contribution in [3.8, 4) is 0 Å². The van der Waals surface area contributed by atoms with Gasteiger partial charge in [-0.25, -0.2) is 0 Å². The summed E-state index contributed by atoms with van der Waals surface area (Å²) in [7, 11) is 1.79. The highest BCUT2D eigenvalue weighted by molar-refractivity contribution is 8.01. The first-order chi connectivity index (χ1) is 10.7. The molecule has 0 saturated carbocycles. The van der Waals surface area contributed by atoms with Gasteiger partial charge in [-0.15, -0.1) is 22.0 Å². The van der Waals surface area contributed by atoms with Crippen LogP contribution in [0.5, 0.6) is 0 Å². The van der Waals surface area contributed by atoms with Crippen molar-refractivity contribution in [2.45, 2.75) is 9.24 Å². The quantitative estimate of drug-likeness (QED) is 0.546. The zero-order valence-corrected chi connectivity index (χ0v) is 15.0. The molecular weight excluding hydrogens is 360 g/mol. The number of rotatable bonds is 8. The second-order valence-corrected chi connectivity index (χ2v) is 7.87. The van der Waals surface area contributed by atoms with E-state index in [2.05, 4.69) is 20.8 Å². The standard InChI is InChI=1S/C13H15ClN4OS3/c1-15-12-17-18-13(22-12)21-8-11(19)16-6-7-20-10-4-2-9(14)3-5-10/h2-5H,6-8H2,1H3,(H,15,17)(H,16,19).